The molecule has 3 rings (SSSR count). The normalized spacial score (nSPS) is 11.9. The molecule has 0 radical (unpaired) electrons. The lowest BCUT2D eigenvalue weighted by Crippen LogP contribution is -2.12. The Balaban J connectivity index is 1.48. The van der Waals surface area contributed by atoms with E-state index < -0.39 is 0 Å². The van der Waals surface area contributed by atoms with E-state index >= 15 is 0 Å². The van der Waals surface area contributed by atoms with Gasteiger partial charge in [0.1, 0.15) is 5.75 Å². The number of amides is 1. The second-order valence-corrected chi connectivity index (χ2v) is 7.11. The summed E-state index contributed by atoms with van der Waals surface area (Å²) in [6, 6.07) is 10.7. The van der Waals surface area contributed by atoms with Crippen LogP contribution in [0.2, 0.25) is 0 Å². The molecule has 2 aromatic rings. The molecule has 27 heavy (non-hydrogen) atoms. The summed E-state index contributed by atoms with van der Waals surface area (Å²) in [5, 5.41) is 2.86. The number of nitrogens with one attached hydrogen (secondary N) is 1. The summed E-state index contributed by atoms with van der Waals surface area (Å²) in [6.07, 6.45) is 0.383. The number of carbonyl (C=O) groups is 2. The highest BCUT2D eigenvalue weighted by Gasteiger charge is 2.14. The van der Waals surface area contributed by atoms with Crippen LogP contribution in [-0.4, -0.2) is 31.3 Å². The number of rotatable bonds is 8. The maximum absolute atomic E-state index is 12.1. The van der Waals surface area contributed by atoms with Gasteiger partial charge in [-0.2, -0.15) is 11.8 Å². The van der Waals surface area contributed by atoms with Gasteiger partial charge in [0, 0.05) is 40.8 Å². The maximum atomic E-state index is 12.1. The summed E-state index contributed by atoms with van der Waals surface area (Å²) in [4.78, 5) is 23.7. The van der Waals surface area contributed by atoms with Crippen LogP contribution in [0.25, 0.3) is 0 Å². The number of anilines is 1. The minimum absolute atomic E-state index is 0.0204. The lowest BCUT2D eigenvalue weighted by molar-refractivity contribution is -0.115. The van der Waals surface area contributed by atoms with Gasteiger partial charge < -0.3 is 19.5 Å². The molecule has 0 aromatic heterocycles. The lowest BCUT2D eigenvalue weighted by Gasteiger charge is -2.10. The van der Waals surface area contributed by atoms with Gasteiger partial charge in [0.2, 0.25) is 12.7 Å². The van der Waals surface area contributed by atoms with Crippen molar-refractivity contribution in [2.24, 2.45) is 0 Å². The first-order valence-corrected chi connectivity index (χ1v) is 9.67. The fraction of sp³-hybridized carbons (Fsp3) is 0.300. The van der Waals surface area contributed by atoms with Crippen LogP contribution in [0.15, 0.2) is 36.4 Å². The van der Waals surface area contributed by atoms with Crippen molar-refractivity contribution in [1.29, 1.82) is 0 Å². The fourth-order valence-electron chi connectivity index (χ4n) is 2.66. The molecule has 0 saturated carbocycles. The summed E-state index contributed by atoms with van der Waals surface area (Å²) in [5.74, 6) is 3.35. The van der Waals surface area contributed by atoms with Crippen LogP contribution in [0.1, 0.15) is 29.3 Å². The average Bonchev–Trinajstić information content (AvgIpc) is 3.12. The van der Waals surface area contributed by atoms with Gasteiger partial charge in [-0.15, -0.1) is 0 Å². The Bertz CT molecular complexity index is 852. The number of ketones is 1. The summed E-state index contributed by atoms with van der Waals surface area (Å²) in [6.45, 7) is 1.75. The van der Waals surface area contributed by atoms with Crippen molar-refractivity contribution in [3.05, 3.63) is 47.5 Å². The fourth-order valence-corrected chi connectivity index (χ4v) is 3.57. The number of Topliss-reactive ketones (excluding diaryl/α,β-unsaturated/α-hetero) is 1. The molecule has 0 unspecified atom stereocenters. The zero-order valence-corrected chi connectivity index (χ0v) is 16.1. The zero-order chi connectivity index (χ0) is 19.2. The van der Waals surface area contributed by atoms with Crippen LogP contribution in [0.3, 0.4) is 0 Å². The van der Waals surface area contributed by atoms with E-state index in [1.165, 1.54) is 0 Å². The van der Waals surface area contributed by atoms with Gasteiger partial charge in [-0.25, -0.2) is 0 Å². The monoisotopic (exact) mass is 387 g/mol. The first-order chi connectivity index (χ1) is 13.1. The number of benzene rings is 2. The standard InChI is InChI=1S/C20H21NO5S/c1-13(22)14-3-5-17(24-2)15(9-14)11-27-8-7-20(23)21-16-4-6-18-19(10-16)26-12-25-18/h3-6,9-10H,7-8,11-12H2,1-2H3,(H,21,23). The highest BCUT2D eigenvalue weighted by Crippen LogP contribution is 2.34. The van der Waals surface area contributed by atoms with Crippen LogP contribution < -0.4 is 19.5 Å². The van der Waals surface area contributed by atoms with E-state index in [0.717, 1.165) is 11.3 Å². The van der Waals surface area contributed by atoms with Crippen molar-refractivity contribution < 1.29 is 23.8 Å². The summed E-state index contributed by atoms with van der Waals surface area (Å²) in [5.41, 5.74) is 2.29. The van der Waals surface area contributed by atoms with E-state index in [2.05, 4.69) is 5.32 Å². The van der Waals surface area contributed by atoms with Gasteiger partial charge >= 0.3 is 0 Å². The maximum Gasteiger partial charge on any atom is 0.231 e. The van der Waals surface area contributed by atoms with Crippen LogP contribution in [-0.2, 0) is 10.5 Å². The van der Waals surface area contributed by atoms with Gasteiger partial charge in [-0.3, -0.25) is 9.59 Å². The van der Waals surface area contributed by atoms with E-state index in [4.69, 9.17) is 14.2 Å². The van der Waals surface area contributed by atoms with Gasteiger partial charge in [0.15, 0.2) is 17.3 Å². The SMILES string of the molecule is COc1ccc(C(C)=O)cc1CSCCC(=O)Nc1ccc2c(c1)OCO2. The lowest BCUT2D eigenvalue weighted by atomic mass is 10.1. The summed E-state index contributed by atoms with van der Waals surface area (Å²) < 4.78 is 15.9. The van der Waals surface area contributed by atoms with Crippen LogP contribution in [0.5, 0.6) is 17.2 Å². The molecule has 0 bridgehead atoms. The number of hydrogen-bond acceptors (Lipinski definition) is 6. The van der Waals surface area contributed by atoms with Gasteiger partial charge in [-0.1, -0.05) is 0 Å². The smallest absolute Gasteiger partial charge is 0.231 e. The molecule has 0 saturated heterocycles. The molecule has 1 aliphatic rings. The second-order valence-electron chi connectivity index (χ2n) is 6.00. The Morgan fingerprint density at radius 1 is 1.15 bits per heavy atom. The molecule has 0 fully saturated rings. The number of hydrogen-bond donors (Lipinski definition) is 1. The number of carbonyl (C=O) groups excluding carboxylic acids is 2. The Morgan fingerprint density at radius 3 is 2.74 bits per heavy atom. The van der Waals surface area contributed by atoms with E-state index in [0.29, 0.717) is 40.7 Å². The van der Waals surface area contributed by atoms with Gasteiger partial charge in [-0.05, 0) is 37.3 Å². The number of methoxy groups -OCH3 is 1. The molecule has 1 heterocycles. The van der Waals surface area contributed by atoms with E-state index in [-0.39, 0.29) is 18.5 Å². The number of fused-ring (bicyclic) bond motifs is 1. The number of thioether (sulfide) groups is 1. The van der Waals surface area contributed by atoms with Crippen molar-refractivity contribution >= 4 is 29.1 Å². The third-order valence-electron chi connectivity index (χ3n) is 4.07. The quantitative estimate of drug-likeness (QED) is 0.547. The Labute approximate surface area is 162 Å². The first kappa shape index (κ1) is 19.1. The molecule has 1 aliphatic heterocycles. The summed E-state index contributed by atoms with van der Waals surface area (Å²) in [7, 11) is 1.61. The van der Waals surface area contributed by atoms with Gasteiger partial charge in [0.05, 0.1) is 7.11 Å². The van der Waals surface area contributed by atoms with Crippen molar-refractivity contribution in [1.82, 2.24) is 0 Å². The van der Waals surface area contributed by atoms with Gasteiger partial charge in [0.25, 0.3) is 0 Å². The minimum Gasteiger partial charge on any atom is -0.496 e. The molecule has 6 nitrogen and oxygen atoms in total. The topological polar surface area (TPSA) is 73.9 Å². The highest BCUT2D eigenvalue weighted by atomic mass is 32.2. The number of ether oxygens (including phenoxy) is 3. The third kappa shape index (κ3) is 4.95. The summed E-state index contributed by atoms with van der Waals surface area (Å²) >= 11 is 1.62. The third-order valence-corrected chi connectivity index (χ3v) is 5.08. The minimum atomic E-state index is -0.0641. The molecule has 0 aliphatic carbocycles. The molecule has 1 amide bonds. The Hall–Kier alpha value is -2.67. The zero-order valence-electron chi connectivity index (χ0n) is 15.2. The van der Waals surface area contributed by atoms with E-state index in [1.54, 1.807) is 56.1 Å². The van der Waals surface area contributed by atoms with Crippen molar-refractivity contribution in [3.8, 4) is 17.2 Å². The molecule has 2 aromatic carbocycles. The molecule has 0 spiro atoms. The predicted molar refractivity (Wildman–Crippen MR) is 105 cm³/mol. The molecule has 7 heteroatoms. The highest BCUT2D eigenvalue weighted by molar-refractivity contribution is 7.98. The van der Waals surface area contributed by atoms with Crippen molar-refractivity contribution in [2.45, 2.75) is 19.1 Å². The average molecular weight is 387 g/mol. The van der Waals surface area contributed by atoms with Crippen LogP contribution in [0, 0.1) is 0 Å². The largest absolute Gasteiger partial charge is 0.496 e. The van der Waals surface area contributed by atoms with E-state index in [9.17, 15) is 9.59 Å². The Morgan fingerprint density at radius 2 is 1.96 bits per heavy atom. The molecule has 142 valence electrons. The second kappa shape index (κ2) is 8.81. The molecular formula is C20H21NO5S. The molecule has 0 atom stereocenters. The van der Waals surface area contributed by atoms with Crippen molar-refractivity contribution in [2.75, 3.05) is 25.0 Å². The predicted octanol–water partition coefficient (Wildman–Crippen LogP) is 3.89. The molecule has 1 N–H and O–H groups in total. The first-order valence-electron chi connectivity index (χ1n) is 8.52. The van der Waals surface area contributed by atoms with Crippen LogP contribution >= 0.6 is 11.8 Å². The van der Waals surface area contributed by atoms with Crippen LogP contribution in [0.4, 0.5) is 5.69 Å². The van der Waals surface area contributed by atoms with Crippen molar-refractivity contribution in [3.63, 3.8) is 0 Å². The van der Waals surface area contributed by atoms with E-state index in [1.807, 2.05) is 6.07 Å². The Kier molecular flexibility index (Phi) is 6.24. The molecular weight excluding hydrogens is 366 g/mol.